The highest BCUT2D eigenvalue weighted by Gasteiger charge is 2.28. The van der Waals surface area contributed by atoms with Crippen molar-refractivity contribution >= 4 is 33.5 Å². The normalized spacial score (nSPS) is 13.8. The van der Waals surface area contributed by atoms with Crippen molar-refractivity contribution in [3.63, 3.8) is 0 Å². The van der Waals surface area contributed by atoms with Gasteiger partial charge < -0.3 is 20.3 Å². The van der Waals surface area contributed by atoms with E-state index in [4.69, 9.17) is 4.74 Å². The molecule has 5 rings (SSSR count). The molecule has 56 heavy (non-hydrogen) atoms. The second-order valence-corrected chi connectivity index (χ2v) is 16.6. The van der Waals surface area contributed by atoms with E-state index in [0.29, 0.717) is 48.5 Å². The minimum atomic E-state index is -4.46. The Hall–Kier alpha value is -5.68. The molecule has 1 aromatic heterocycles. The number of hydrogen-bond acceptors (Lipinski definition) is 9. The number of amides is 2. The van der Waals surface area contributed by atoms with Crippen molar-refractivity contribution in [1.29, 1.82) is 0 Å². The van der Waals surface area contributed by atoms with Crippen molar-refractivity contribution in [3.05, 3.63) is 121 Å². The molecule has 0 fully saturated rings. The van der Waals surface area contributed by atoms with Crippen molar-refractivity contribution in [2.75, 3.05) is 18.3 Å². The summed E-state index contributed by atoms with van der Waals surface area (Å²) in [6, 6.07) is 10.6. The second kappa shape index (κ2) is 16.2. The van der Waals surface area contributed by atoms with Crippen molar-refractivity contribution in [1.82, 2.24) is 24.7 Å². The van der Waals surface area contributed by atoms with Gasteiger partial charge in [-0.2, -0.15) is 0 Å². The quantitative estimate of drug-likeness (QED) is 0.192. The molecule has 2 amide bonds. The highest BCUT2D eigenvalue weighted by Crippen LogP contribution is 2.24. The molecule has 3 aromatic carbocycles. The van der Waals surface area contributed by atoms with Crippen LogP contribution in [0.25, 0.3) is 5.69 Å². The summed E-state index contributed by atoms with van der Waals surface area (Å²) >= 11 is 0. The van der Waals surface area contributed by atoms with E-state index >= 15 is 8.78 Å². The average Bonchev–Trinajstić information content (AvgIpc) is 3.11. The van der Waals surface area contributed by atoms with E-state index in [9.17, 15) is 32.4 Å². The van der Waals surface area contributed by atoms with Crippen LogP contribution >= 0.6 is 0 Å². The Morgan fingerprint density at radius 3 is 2.16 bits per heavy atom. The Labute approximate surface area is 322 Å². The smallest absolute Gasteiger partial charge is 0.335 e. The fraction of sp³-hybridized carbons (Fsp3) is 0.359. The summed E-state index contributed by atoms with van der Waals surface area (Å²) in [7, 11) is -0.964. The van der Waals surface area contributed by atoms with Crippen LogP contribution in [0.4, 0.5) is 14.5 Å². The minimum Gasteiger partial charge on any atom is -0.461 e. The number of carbonyl (C=O) groups excluding carboxylic acids is 3. The van der Waals surface area contributed by atoms with Gasteiger partial charge in [-0.05, 0) is 89.7 Å². The van der Waals surface area contributed by atoms with Crippen molar-refractivity contribution in [3.8, 4) is 5.69 Å². The van der Waals surface area contributed by atoms with Crippen LogP contribution in [0.3, 0.4) is 0 Å². The molecule has 0 saturated carbocycles. The van der Waals surface area contributed by atoms with Gasteiger partial charge in [-0.1, -0.05) is 12.1 Å². The number of hydrogen-bond donors (Lipinski definition) is 3. The molecular formula is C39H44F2N6O8S. The number of nitrogens with one attached hydrogen (secondary N) is 3. The van der Waals surface area contributed by atoms with Gasteiger partial charge in [0.05, 0.1) is 33.5 Å². The average molecular weight is 795 g/mol. The Morgan fingerprint density at radius 1 is 0.911 bits per heavy atom. The first-order valence-electron chi connectivity index (χ1n) is 17.7. The number of rotatable bonds is 11. The summed E-state index contributed by atoms with van der Waals surface area (Å²) in [5.41, 5.74) is -0.935. The lowest BCUT2D eigenvalue weighted by atomic mass is 10.0. The predicted molar refractivity (Wildman–Crippen MR) is 204 cm³/mol. The van der Waals surface area contributed by atoms with E-state index in [0.717, 1.165) is 16.7 Å². The van der Waals surface area contributed by atoms with Crippen LogP contribution in [0.5, 0.6) is 0 Å². The molecule has 0 saturated heterocycles. The highest BCUT2D eigenvalue weighted by molar-refractivity contribution is 7.92. The summed E-state index contributed by atoms with van der Waals surface area (Å²) in [4.78, 5) is 67.1. The molecule has 1 atom stereocenters. The molecule has 14 nitrogen and oxygen atoms in total. The van der Waals surface area contributed by atoms with E-state index in [1.54, 1.807) is 53.8 Å². The fourth-order valence-corrected chi connectivity index (χ4v) is 7.18. The summed E-state index contributed by atoms with van der Waals surface area (Å²) < 4.78 is 66.5. The number of aromatic nitrogens is 2. The molecule has 1 aliphatic heterocycles. The Balaban J connectivity index is 1.34. The Kier molecular flexibility index (Phi) is 12.0. The zero-order valence-electron chi connectivity index (χ0n) is 32.0. The predicted octanol–water partition coefficient (Wildman–Crippen LogP) is 3.42. The monoisotopic (exact) mass is 794 g/mol. The molecule has 0 unspecified atom stereocenters. The van der Waals surface area contributed by atoms with Crippen molar-refractivity contribution in [2.45, 2.75) is 76.6 Å². The molecule has 4 aromatic rings. The van der Waals surface area contributed by atoms with Gasteiger partial charge in [0.1, 0.15) is 17.7 Å². The first kappa shape index (κ1) is 41.5. The fourth-order valence-electron chi connectivity index (χ4n) is 6.13. The highest BCUT2D eigenvalue weighted by atomic mass is 32.2. The van der Waals surface area contributed by atoms with Crippen LogP contribution in [-0.4, -0.2) is 71.5 Å². The van der Waals surface area contributed by atoms with Gasteiger partial charge in [-0.15, -0.1) is 0 Å². The Bertz CT molecular complexity index is 2400. The van der Waals surface area contributed by atoms with Crippen LogP contribution < -0.4 is 26.6 Å². The van der Waals surface area contributed by atoms with Crippen molar-refractivity contribution in [2.24, 2.45) is 7.05 Å². The lowest BCUT2D eigenvalue weighted by Gasteiger charge is -2.26. The van der Waals surface area contributed by atoms with Gasteiger partial charge >= 0.3 is 11.7 Å². The van der Waals surface area contributed by atoms with E-state index in [-0.39, 0.29) is 22.6 Å². The number of anilines is 1. The van der Waals surface area contributed by atoms with Crippen molar-refractivity contribution < 1.29 is 36.3 Å². The molecule has 3 N–H and O–H groups in total. The van der Waals surface area contributed by atoms with Crippen LogP contribution in [0.1, 0.15) is 72.2 Å². The lowest BCUT2D eigenvalue weighted by molar-refractivity contribution is -0.149. The first-order chi connectivity index (χ1) is 26.1. The number of likely N-dealkylation sites (N-methyl/N-ethyl adjacent to an activating group) is 1. The molecule has 0 bridgehead atoms. The van der Waals surface area contributed by atoms with Gasteiger partial charge in [-0.3, -0.25) is 23.7 Å². The number of benzene rings is 3. The van der Waals surface area contributed by atoms with Gasteiger partial charge in [0.2, 0.25) is 0 Å². The third kappa shape index (κ3) is 9.39. The standard InChI is InChI=1S/C39H44F2N6O8S/c1-22(2)55-37(51)32(18-23-8-12-25(13-9-23)47-36(50)28-21-45(6)17-16-33(28)46(7)38(47)52)42-35(49)27-19-30(41)31(20-29(27)40)44-56(53,54)26-14-10-24(11-15-26)34(48)43-39(3,4)5/h8-15,19-20,22,32,44H,16-18,21H2,1-7H3,(H,42,49)(H,43,48)/t32-/m0/s1. The van der Waals surface area contributed by atoms with Crippen LogP contribution in [-0.2, 0) is 46.0 Å². The topological polar surface area (TPSA) is 178 Å². The molecule has 0 spiro atoms. The maximum atomic E-state index is 15.4. The maximum Gasteiger partial charge on any atom is 0.335 e. The Morgan fingerprint density at radius 2 is 1.55 bits per heavy atom. The molecule has 17 heteroatoms. The summed E-state index contributed by atoms with van der Waals surface area (Å²) in [6.45, 7) is 9.62. The molecule has 2 heterocycles. The van der Waals surface area contributed by atoms with Gasteiger partial charge in [0.25, 0.3) is 27.4 Å². The molecule has 298 valence electrons. The summed E-state index contributed by atoms with van der Waals surface area (Å²) in [6.07, 6.45) is -0.200. The first-order valence-corrected chi connectivity index (χ1v) is 19.2. The molecule has 0 radical (unpaired) electrons. The number of halogens is 2. The van der Waals surface area contributed by atoms with Crippen LogP contribution in [0.15, 0.2) is 75.1 Å². The number of sulfonamides is 1. The van der Waals surface area contributed by atoms with E-state index < -0.39 is 79.6 Å². The zero-order valence-corrected chi connectivity index (χ0v) is 32.8. The lowest BCUT2D eigenvalue weighted by Crippen LogP contribution is -2.45. The number of fused-ring (bicyclic) bond motifs is 1. The minimum absolute atomic E-state index is 0.169. The summed E-state index contributed by atoms with van der Waals surface area (Å²) in [5, 5.41) is 5.13. The zero-order chi connectivity index (χ0) is 41.3. The third-order valence-corrected chi connectivity index (χ3v) is 10.3. The van der Waals surface area contributed by atoms with Gasteiger partial charge in [-0.25, -0.2) is 31.4 Å². The number of carbonyl (C=O) groups is 3. The van der Waals surface area contributed by atoms with Crippen LogP contribution in [0.2, 0.25) is 0 Å². The number of esters is 1. The van der Waals surface area contributed by atoms with E-state index in [1.807, 2.05) is 16.7 Å². The maximum absolute atomic E-state index is 15.4. The van der Waals surface area contributed by atoms with Crippen LogP contribution in [0, 0.1) is 11.6 Å². The SMILES string of the molecule is CC(C)OC(=O)[C@H](Cc1ccc(-n2c(=O)c3c(n(C)c2=O)CCN(C)C3)cc1)NC(=O)c1cc(F)c(NS(=O)(=O)c2ccc(C(=O)NC(C)(C)C)cc2)cc1F. The van der Waals surface area contributed by atoms with Gasteiger partial charge in [0, 0.05) is 55.8 Å². The third-order valence-electron chi connectivity index (χ3n) is 8.89. The number of nitrogens with zero attached hydrogens (tertiary/aromatic N) is 3. The number of ether oxygens (including phenoxy) is 1. The second-order valence-electron chi connectivity index (χ2n) is 14.9. The molecule has 0 aliphatic carbocycles. The van der Waals surface area contributed by atoms with E-state index in [2.05, 4.69) is 10.6 Å². The molecule has 1 aliphatic rings. The van der Waals surface area contributed by atoms with E-state index in [1.165, 1.54) is 28.8 Å². The van der Waals surface area contributed by atoms with Gasteiger partial charge in [0.15, 0.2) is 0 Å². The summed E-state index contributed by atoms with van der Waals surface area (Å²) in [5.74, 6) is -5.06. The largest absolute Gasteiger partial charge is 0.461 e. The molecular weight excluding hydrogens is 751 g/mol.